The van der Waals surface area contributed by atoms with Gasteiger partial charge in [0.05, 0.1) is 10.6 Å². The van der Waals surface area contributed by atoms with E-state index in [2.05, 4.69) is 5.32 Å². The van der Waals surface area contributed by atoms with Gasteiger partial charge in [0.15, 0.2) is 0 Å². The molecule has 7 nitrogen and oxygen atoms in total. The van der Waals surface area contributed by atoms with Crippen molar-refractivity contribution in [3.63, 3.8) is 0 Å². The summed E-state index contributed by atoms with van der Waals surface area (Å²) in [5, 5.41) is 2.89. The van der Waals surface area contributed by atoms with Crippen molar-refractivity contribution < 1.29 is 18.0 Å². The maximum Gasteiger partial charge on any atom is 0.264 e. The Labute approximate surface area is 226 Å². The van der Waals surface area contributed by atoms with Crippen LogP contribution >= 0.6 is 0 Å². The van der Waals surface area contributed by atoms with Crippen LogP contribution in [0.1, 0.15) is 37.5 Å². The molecule has 3 aromatic carbocycles. The van der Waals surface area contributed by atoms with E-state index in [1.165, 1.54) is 17.0 Å². The van der Waals surface area contributed by atoms with E-state index in [1.807, 2.05) is 70.2 Å². The monoisotopic (exact) mass is 535 g/mol. The van der Waals surface area contributed by atoms with E-state index in [1.54, 1.807) is 31.2 Å². The second-order valence-electron chi connectivity index (χ2n) is 9.94. The number of sulfonamides is 1. The number of amides is 2. The number of benzene rings is 3. The normalized spacial score (nSPS) is 12.2. The van der Waals surface area contributed by atoms with Crippen LogP contribution in [0.25, 0.3) is 0 Å². The summed E-state index contributed by atoms with van der Waals surface area (Å²) in [6.45, 7) is 9.61. The zero-order valence-corrected chi connectivity index (χ0v) is 23.5. The van der Waals surface area contributed by atoms with Gasteiger partial charge in [0.2, 0.25) is 11.8 Å². The second-order valence-corrected chi connectivity index (χ2v) is 11.8. The molecule has 1 N–H and O–H groups in total. The molecule has 0 aromatic heterocycles. The molecule has 0 aliphatic rings. The van der Waals surface area contributed by atoms with Gasteiger partial charge in [-0.05, 0) is 56.0 Å². The largest absolute Gasteiger partial charge is 0.354 e. The van der Waals surface area contributed by atoms with Gasteiger partial charge in [0.25, 0.3) is 10.0 Å². The van der Waals surface area contributed by atoms with E-state index in [9.17, 15) is 18.0 Å². The molecule has 0 aliphatic carbocycles. The molecule has 202 valence electrons. The fourth-order valence-electron chi connectivity index (χ4n) is 4.13. The van der Waals surface area contributed by atoms with Crippen LogP contribution in [0, 0.1) is 19.8 Å². The molecule has 0 bridgehead atoms. The van der Waals surface area contributed by atoms with Crippen molar-refractivity contribution in [3.05, 3.63) is 95.6 Å². The van der Waals surface area contributed by atoms with Crippen LogP contribution in [0.5, 0.6) is 0 Å². The highest BCUT2D eigenvalue weighted by Gasteiger charge is 2.33. The number of hydrogen-bond donors (Lipinski definition) is 1. The van der Waals surface area contributed by atoms with Gasteiger partial charge in [0, 0.05) is 13.1 Å². The third kappa shape index (κ3) is 7.22. The molecule has 38 heavy (non-hydrogen) atoms. The second kappa shape index (κ2) is 12.7. The number of nitrogens with one attached hydrogen (secondary N) is 1. The predicted octanol–water partition coefficient (Wildman–Crippen LogP) is 4.69. The number of carbonyl (C=O) groups excluding carboxylic acids is 2. The van der Waals surface area contributed by atoms with Crippen LogP contribution in [0.2, 0.25) is 0 Å². The molecule has 1 atom stereocenters. The van der Waals surface area contributed by atoms with Gasteiger partial charge in [-0.15, -0.1) is 0 Å². The molecule has 2 amide bonds. The molecule has 0 heterocycles. The number of carbonyl (C=O) groups is 2. The molecule has 8 heteroatoms. The molecule has 0 spiro atoms. The van der Waals surface area contributed by atoms with Crippen molar-refractivity contribution in [2.24, 2.45) is 5.92 Å². The van der Waals surface area contributed by atoms with Crippen molar-refractivity contribution in [3.8, 4) is 0 Å². The van der Waals surface area contributed by atoms with Gasteiger partial charge in [-0.2, -0.15) is 0 Å². The summed E-state index contributed by atoms with van der Waals surface area (Å²) < 4.78 is 28.8. The molecule has 3 rings (SSSR count). The van der Waals surface area contributed by atoms with E-state index in [4.69, 9.17) is 0 Å². The minimum atomic E-state index is -4.07. The minimum Gasteiger partial charge on any atom is -0.354 e. The molecular formula is C30H37N3O4S. The van der Waals surface area contributed by atoms with E-state index in [0.29, 0.717) is 12.2 Å². The molecule has 0 radical (unpaired) electrons. The average molecular weight is 536 g/mol. The van der Waals surface area contributed by atoms with Gasteiger partial charge >= 0.3 is 0 Å². The van der Waals surface area contributed by atoms with E-state index in [0.717, 1.165) is 21.0 Å². The van der Waals surface area contributed by atoms with Crippen LogP contribution in [-0.2, 0) is 26.2 Å². The average Bonchev–Trinajstić information content (AvgIpc) is 2.90. The fourth-order valence-corrected chi connectivity index (χ4v) is 5.63. The lowest BCUT2D eigenvalue weighted by Gasteiger charge is -2.32. The van der Waals surface area contributed by atoms with Crippen molar-refractivity contribution in [2.45, 2.75) is 52.1 Å². The maximum atomic E-state index is 13.9. The Morgan fingerprint density at radius 3 is 2.05 bits per heavy atom. The molecule has 3 aromatic rings. The van der Waals surface area contributed by atoms with E-state index < -0.39 is 28.5 Å². The van der Waals surface area contributed by atoms with Crippen LogP contribution in [0.15, 0.2) is 83.8 Å². The number of anilines is 1. The minimum absolute atomic E-state index is 0.0881. The topological polar surface area (TPSA) is 86.8 Å². The van der Waals surface area contributed by atoms with Gasteiger partial charge in [-0.3, -0.25) is 13.9 Å². The number of nitrogens with zero attached hydrogens (tertiary/aromatic N) is 2. The van der Waals surface area contributed by atoms with Crippen molar-refractivity contribution in [1.82, 2.24) is 10.2 Å². The molecule has 0 saturated heterocycles. The summed E-state index contributed by atoms with van der Waals surface area (Å²) in [7, 11) is -4.07. The Morgan fingerprint density at radius 1 is 0.868 bits per heavy atom. The lowest BCUT2D eigenvalue weighted by Crippen LogP contribution is -2.51. The van der Waals surface area contributed by atoms with Crippen LogP contribution in [0.3, 0.4) is 0 Å². The highest BCUT2D eigenvalue weighted by molar-refractivity contribution is 7.92. The molecule has 0 aliphatic heterocycles. The third-order valence-corrected chi connectivity index (χ3v) is 8.05. The molecule has 0 fully saturated rings. The third-order valence-electron chi connectivity index (χ3n) is 6.28. The summed E-state index contributed by atoms with van der Waals surface area (Å²) in [4.78, 5) is 28.5. The Balaban J connectivity index is 2.02. The summed E-state index contributed by atoms with van der Waals surface area (Å²) in [5.74, 6) is -0.507. The smallest absolute Gasteiger partial charge is 0.264 e. The highest BCUT2D eigenvalue weighted by Crippen LogP contribution is 2.28. The van der Waals surface area contributed by atoms with Gasteiger partial charge in [0.1, 0.15) is 12.6 Å². The van der Waals surface area contributed by atoms with Crippen molar-refractivity contribution >= 4 is 27.5 Å². The Bertz CT molecular complexity index is 1340. The Hall–Kier alpha value is -3.65. The number of rotatable bonds is 11. The summed E-state index contributed by atoms with van der Waals surface area (Å²) in [6.07, 6.45) is 0. The SMILES string of the molecule is Cc1ccc(N(CC(=O)N(Cc2ccccc2)[C@@H](C)C(=O)NCC(C)C)S(=O)(=O)c2ccccc2)c(C)c1. The van der Waals surface area contributed by atoms with E-state index in [-0.39, 0.29) is 23.3 Å². The first-order chi connectivity index (χ1) is 18.0. The zero-order chi connectivity index (χ0) is 27.9. The standard InChI is InChI=1S/C30H37N3O4S/c1-22(2)19-31-30(35)25(5)32(20-26-12-8-6-9-13-26)29(34)21-33(28-17-16-23(3)18-24(28)4)38(36,37)27-14-10-7-11-15-27/h6-18,22,25H,19-21H2,1-5H3,(H,31,35)/t25-/m0/s1. The fraction of sp³-hybridized carbons (Fsp3) is 0.333. The van der Waals surface area contributed by atoms with Crippen molar-refractivity contribution in [2.75, 3.05) is 17.4 Å². The van der Waals surface area contributed by atoms with Gasteiger partial charge < -0.3 is 10.2 Å². The quantitative estimate of drug-likeness (QED) is 0.386. The van der Waals surface area contributed by atoms with E-state index >= 15 is 0 Å². The summed E-state index contributed by atoms with van der Waals surface area (Å²) in [6, 6.07) is 22.1. The molecule has 0 unspecified atom stereocenters. The lowest BCUT2D eigenvalue weighted by molar-refractivity contribution is -0.139. The van der Waals surface area contributed by atoms with Crippen molar-refractivity contribution in [1.29, 1.82) is 0 Å². The van der Waals surface area contributed by atoms with Crippen LogP contribution < -0.4 is 9.62 Å². The summed E-state index contributed by atoms with van der Waals surface area (Å²) in [5.41, 5.74) is 2.98. The van der Waals surface area contributed by atoms with Crippen LogP contribution in [0.4, 0.5) is 5.69 Å². The zero-order valence-electron chi connectivity index (χ0n) is 22.7. The number of aryl methyl sites for hydroxylation is 2. The maximum absolute atomic E-state index is 13.9. The summed E-state index contributed by atoms with van der Waals surface area (Å²) >= 11 is 0. The lowest BCUT2D eigenvalue weighted by atomic mass is 10.1. The Morgan fingerprint density at radius 2 is 1.47 bits per heavy atom. The molecule has 0 saturated carbocycles. The first kappa shape index (κ1) is 28.9. The van der Waals surface area contributed by atoms with Gasteiger partial charge in [-0.1, -0.05) is 80.1 Å². The first-order valence-corrected chi connectivity index (χ1v) is 14.2. The number of hydrogen-bond acceptors (Lipinski definition) is 4. The Kier molecular flexibility index (Phi) is 9.69. The molecular weight excluding hydrogens is 498 g/mol. The van der Waals surface area contributed by atoms with Gasteiger partial charge in [-0.25, -0.2) is 8.42 Å². The first-order valence-electron chi connectivity index (χ1n) is 12.8. The van der Waals surface area contributed by atoms with Crippen LogP contribution in [-0.4, -0.2) is 44.3 Å². The predicted molar refractivity (Wildman–Crippen MR) is 151 cm³/mol. The highest BCUT2D eigenvalue weighted by atomic mass is 32.2.